The van der Waals surface area contributed by atoms with Gasteiger partial charge >= 0.3 is 0 Å². The molecule has 0 heterocycles. The molecule has 0 aromatic rings. The zero-order chi connectivity index (χ0) is 13.0. The summed E-state index contributed by atoms with van der Waals surface area (Å²) in [5.74, 6) is 1.62. The molecular formula is C14H27NO2. The number of hydrogen-bond acceptors (Lipinski definition) is 2. The standard InChI is InChI=1S/C14H27NO2/c1-5-11(10(2)3)8-14(17)15(4)9-13(16)12-6-7-12/h10-13,16H,5-9H2,1-4H3. The Balaban J connectivity index is 2.34. The van der Waals surface area contributed by atoms with Crippen LogP contribution in [0.1, 0.15) is 46.5 Å². The summed E-state index contributed by atoms with van der Waals surface area (Å²) in [4.78, 5) is 13.7. The number of carbonyl (C=O) groups is 1. The Kier molecular flexibility index (Phi) is 5.44. The van der Waals surface area contributed by atoms with Gasteiger partial charge < -0.3 is 10.0 Å². The van der Waals surface area contributed by atoms with E-state index in [1.165, 1.54) is 0 Å². The van der Waals surface area contributed by atoms with Gasteiger partial charge in [0, 0.05) is 20.0 Å². The second kappa shape index (κ2) is 6.39. The number of aliphatic hydroxyl groups is 1. The number of likely N-dealkylation sites (N-methyl/N-ethyl adjacent to an activating group) is 1. The van der Waals surface area contributed by atoms with Crippen LogP contribution in [0.25, 0.3) is 0 Å². The maximum absolute atomic E-state index is 12.0. The molecule has 1 amide bonds. The molecule has 1 aliphatic carbocycles. The zero-order valence-electron chi connectivity index (χ0n) is 11.6. The van der Waals surface area contributed by atoms with E-state index in [9.17, 15) is 9.90 Å². The Morgan fingerprint density at radius 2 is 2.00 bits per heavy atom. The molecule has 2 atom stereocenters. The summed E-state index contributed by atoms with van der Waals surface area (Å²) in [6.07, 6.45) is 3.58. The van der Waals surface area contributed by atoms with E-state index in [0.717, 1.165) is 19.3 Å². The predicted molar refractivity (Wildman–Crippen MR) is 69.6 cm³/mol. The summed E-state index contributed by atoms with van der Waals surface area (Å²) in [5, 5.41) is 9.81. The summed E-state index contributed by atoms with van der Waals surface area (Å²) < 4.78 is 0. The summed E-state index contributed by atoms with van der Waals surface area (Å²) in [7, 11) is 1.81. The topological polar surface area (TPSA) is 40.5 Å². The zero-order valence-corrected chi connectivity index (χ0v) is 11.6. The summed E-state index contributed by atoms with van der Waals surface area (Å²) in [6.45, 7) is 6.97. The number of aliphatic hydroxyl groups excluding tert-OH is 1. The lowest BCUT2D eigenvalue weighted by atomic mass is 9.90. The van der Waals surface area contributed by atoms with E-state index in [0.29, 0.717) is 30.7 Å². The Morgan fingerprint density at radius 3 is 2.41 bits per heavy atom. The number of nitrogens with zero attached hydrogens (tertiary/aromatic N) is 1. The molecule has 17 heavy (non-hydrogen) atoms. The summed E-state index contributed by atoms with van der Waals surface area (Å²) in [6, 6.07) is 0. The molecule has 1 rings (SSSR count). The normalized spacial score (nSPS) is 19.2. The molecule has 0 radical (unpaired) electrons. The van der Waals surface area contributed by atoms with Crippen molar-refractivity contribution in [3.8, 4) is 0 Å². The van der Waals surface area contributed by atoms with Crippen LogP contribution < -0.4 is 0 Å². The minimum absolute atomic E-state index is 0.172. The first-order valence-corrected chi connectivity index (χ1v) is 6.87. The first-order valence-electron chi connectivity index (χ1n) is 6.87. The molecule has 1 N–H and O–H groups in total. The summed E-state index contributed by atoms with van der Waals surface area (Å²) in [5.41, 5.74) is 0. The molecule has 0 saturated heterocycles. The van der Waals surface area contributed by atoms with E-state index in [1.54, 1.807) is 11.9 Å². The lowest BCUT2D eigenvalue weighted by molar-refractivity contribution is -0.132. The van der Waals surface area contributed by atoms with Gasteiger partial charge in [0.1, 0.15) is 0 Å². The molecule has 3 heteroatoms. The van der Waals surface area contributed by atoms with Crippen molar-refractivity contribution in [1.29, 1.82) is 0 Å². The fourth-order valence-corrected chi connectivity index (χ4v) is 2.24. The number of carbonyl (C=O) groups excluding carboxylic acids is 1. The molecule has 3 nitrogen and oxygen atoms in total. The number of hydrogen-bond donors (Lipinski definition) is 1. The Bertz CT molecular complexity index is 249. The molecule has 0 aliphatic heterocycles. The molecule has 1 aliphatic rings. The second-order valence-electron chi connectivity index (χ2n) is 5.80. The Labute approximate surface area is 105 Å². The maximum atomic E-state index is 12.0. The van der Waals surface area contributed by atoms with Gasteiger partial charge in [-0.25, -0.2) is 0 Å². The lowest BCUT2D eigenvalue weighted by Gasteiger charge is -2.24. The van der Waals surface area contributed by atoms with Crippen molar-refractivity contribution in [3.05, 3.63) is 0 Å². The average Bonchev–Trinajstić information content (AvgIpc) is 3.08. The largest absolute Gasteiger partial charge is 0.391 e. The van der Waals surface area contributed by atoms with Crippen molar-refractivity contribution in [2.45, 2.75) is 52.6 Å². The predicted octanol–water partition coefficient (Wildman–Crippen LogP) is 2.29. The number of amides is 1. The van der Waals surface area contributed by atoms with Gasteiger partial charge in [-0.2, -0.15) is 0 Å². The van der Waals surface area contributed by atoms with Crippen molar-refractivity contribution in [2.75, 3.05) is 13.6 Å². The van der Waals surface area contributed by atoms with Crippen molar-refractivity contribution in [2.24, 2.45) is 17.8 Å². The third-order valence-electron chi connectivity index (χ3n) is 3.96. The molecule has 2 unspecified atom stereocenters. The van der Waals surface area contributed by atoms with Gasteiger partial charge in [-0.3, -0.25) is 4.79 Å². The van der Waals surface area contributed by atoms with Crippen molar-refractivity contribution in [3.63, 3.8) is 0 Å². The fourth-order valence-electron chi connectivity index (χ4n) is 2.24. The van der Waals surface area contributed by atoms with Crippen LogP contribution in [0.5, 0.6) is 0 Å². The molecule has 0 aromatic heterocycles. The highest BCUT2D eigenvalue weighted by molar-refractivity contribution is 5.76. The van der Waals surface area contributed by atoms with Crippen LogP contribution in [-0.4, -0.2) is 35.6 Å². The van der Waals surface area contributed by atoms with Gasteiger partial charge in [-0.05, 0) is 30.6 Å². The van der Waals surface area contributed by atoms with Crippen LogP contribution in [0.15, 0.2) is 0 Å². The minimum atomic E-state index is -0.317. The van der Waals surface area contributed by atoms with Crippen LogP contribution in [0, 0.1) is 17.8 Å². The van der Waals surface area contributed by atoms with E-state index in [2.05, 4.69) is 20.8 Å². The number of rotatable bonds is 7. The molecule has 100 valence electrons. The van der Waals surface area contributed by atoms with Gasteiger partial charge in [-0.1, -0.05) is 27.2 Å². The quantitative estimate of drug-likeness (QED) is 0.743. The molecule has 0 aromatic carbocycles. The maximum Gasteiger partial charge on any atom is 0.222 e. The van der Waals surface area contributed by atoms with Crippen molar-refractivity contribution in [1.82, 2.24) is 4.90 Å². The molecule has 1 fully saturated rings. The van der Waals surface area contributed by atoms with E-state index in [1.807, 2.05) is 0 Å². The van der Waals surface area contributed by atoms with Gasteiger partial charge in [0.05, 0.1) is 6.10 Å². The van der Waals surface area contributed by atoms with Gasteiger partial charge in [0.15, 0.2) is 0 Å². The van der Waals surface area contributed by atoms with Gasteiger partial charge in [0.2, 0.25) is 5.91 Å². The Morgan fingerprint density at radius 1 is 1.41 bits per heavy atom. The van der Waals surface area contributed by atoms with Crippen molar-refractivity contribution < 1.29 is 9.90 Å². The van der Waals surface area contributed by atoms with Gasteiger partial charge in [0.25, 0.3) is 0 Å². The molecule has 1 saturated carbocycles. The van der Waals surface area contributed by atoms with E-state index in [4.69, 9.17) is 0 Å². The third-order valence-corrected chi connectivity index (χ3v) is 3.96. The van der Waals surface area contributed by atoms with Crippen LogP contribution in [0.2, 0.25) is 0 Å². The van der Waals surface area contributed by atoms with E-state index < -0.39 is 0 Å². The summed E-state index contributed by atoms with van der Waals surface area (Å²) >= 11 is 0. The van der Waals surface area contributed by atoms with E-state index in [-0.39, 0.29) is 12.0 Å². The van der Waals surface area contributed by atoms with Crippen LogP contribution in [0.4, 0.5) is 0 Å². The highest BCUT2D eigenvalue weighted by atomic mass is 16.3. The van der Waals surface area contributed by atoms with Crippen molar-refractivity contribution >= 4 is 5.91 Å². The Hall–Kier alpha value is -0.570. The first-order chi connectivity index (χ1) is 7.95. The third kappa shape index (κ3) is 4.66. The second-order valence-corrected chi connectivity index (χ2v) is 5.80. The average molecular weight is 241 g/mol. The minimum Gasteiger partial charge on any atom is -0.391 e. The molecule has 0 spiro atoms. The lowest BCUT2D eigenvalue weighted by Crippen LogP contribution is -2.36. The monoisotopic (exact) mass is 241 g/mol. The molecule has 0 bridgehead atoms. The first kappa shape index (κ1) is 14.5. The van der Waals surface area contributed by atoms with Crippen LogP contribution >= 0.6 is 0 Å². The highest BCUT2D eigenvalue weighted by Gasteiger charge is 2.31. The molecular weight excluding hydrogens is 214 g/mol. The smallest absolute Gasteiger partial charge is 0.222 e. The fraction of sp³-hybridized carbons (Fsp3) is 0.929. The SMILES string of the molecule is CCC(CC(=O)N(C)CC(O)C1CC1)C(C)C. The van der Waals surface area contributed by atoms with Gasteiger partial charge in [-0.15, -0.1) is 0 Å². The van der Waals surface area contributed by atoms with Crippen LogP contribution in [-0.2, 0) is 4.79 Å². The highest BCUT2D eigenvalue weighted by Crippen LogP contribution is 2.32. The van der Waals surface area contributed by atoms with Crippen LogP contribution in [0.3, 0.4) is 0 Å². The van der Waals surface area contributed by atoms with E-state index >= 15 is 0 Å².